The zero-order valence-corrected chi connectivity index (χ0v) is 13.3. The van der Waals surface area contributed by atoms with E-state index in [1.165, 1.54) is 12.1 Å². The molecular weight excluding hydrogens is 288 g/mol. The molecule has 0 aromatic heterocycles. The van der Waals surface area contributed by atoms with E-state index >= 15 is 0 Å². The molecule has 2 N–H and O–H groups in total. The Hall–Kier alpha value is -1.40. The van der Waals surface area contributed by atoms with Crippen molar-refractivity contribution >= 4 is 21.6 Å². The summed E-state index contributed by atoms with van der Waals surface area (Å²) < 4.78 is 22.4. The largest absolute Gasteiger partial charge is 0.315 e. The molecule has 1 aromatic carbocycles. The minimum Gasteiger partial charge on any atom is -0.315 e. The van der Waals surface area contributed by atoms with Gasteiger partial charge in [0, 0.05) is 18.7 Å². The first-order chi connectivity index (χ1) is 9.79. The molecule has 0 saturated heterocycles. The molecule has 0 radical (unpaired) electrons. The molecule has 1 aliphatic carbocycles. The van der Waals surface area contributed by atoms with Crippen LogP contribution in [0.3, 0.4) is 0 Å². The number of benzene rings is 1. The van der Waals surface area contributed by atoms with Crippen molar-refractivity contribution in [2.45, 2.75) is 37.5 Å². The fraction of sp³-hybridized carbons (Fsp3) is 0.533. The Balaban J connectivity index is 2.09. The number of anilines is 1. The van der Waals surface area contributed by atoms with Crippen LogP contribution in [0.15, 0.2) is 29.2 Å². The zero-order valence-electron chi connectivity index (χ0n) is 12.5. The van der Waals surface area contributed by atoms with Gasteiger partial charge >= 0.3 is 0 Å². The third-order valence-electron chi connectivity index (χ3n) is 4.25. The predicted molar refractivity (Wildman–Crippen MR) is 82.3 cm³/mol. The lowest BCUT2D eigenvalue weighted by Crippen LogP contribution is -2.34. The molecule has 1 saturated carbocycles. The first-order valence-electron chi connectivity index (χ1n) is 7.19. The van der Waals surface area contributed by atoms with Crippen LogP contribution in [-0.4, -0.2) is 21.4 Å². The van der Waals surface area contributed by atoms with Crippen LogP contribution in [0.4, 0.5) is 5.69 Å². The molecule has 2 rings (SSSR count). The fourth-order valence-corrected chi connectivity index (χ4v) is 3.28. The second-order valence-electron chi connectivity index (χ2n) is 5.89. The molecule has 0 aliphatic heterocycles. The van der Waals surface area contributed by atoms with Crippen LogP contribution in [0.1, 0.15) is 32.6 Å². The summed E-state index contributed by atoms with van der Waals surface area (Å²) in [5, 5.41) is 5.06. The summed E-state index contributed by atoms with van der Waals surface area (Å²) in [4.78, 5) is 14.1. The lowest BCUT2D eigenvalue weighted by molar-refractivity contribution is -0.123. The van der Waals surface area contributed by atoms with Crippen LogP contribution < -0.4 is 10.0 Å². The molecule has 1 aromatic rings. The van der Waals surface area contributed by atoms with Crippen LogP contribution in [0, 0.1) is 11.8 Å². The molecular formula is C15H22N2O3S. The number of carbonyl (C=O) groups excluding carboxylic acids is 1. The Morgan fingerprint density at radius 1 is 1.14 bits per heavy atom. The molecule has 0 spiro atoms. The van der Waals surface area contributed by atoms with Crippen molar-refractivity contribution in [1.82, 2.24) is 0 Å². The van der Waals surface area contributed by atoms with Gasteiger partial charge in [-0.15, -0.1) is 0 Å². The standard InChI is InChI=1S/C15H22N2O3S/c1-11-3-5-12(6-4-11)15(18)17(2)13-7-9-14(10-8-13)21(16,19)20/h7-12H,3-6H2,1-2H3,(H2,16,19,20). The predicted octanol–water partition coefficient (Wildman–Crippen LogP) is 2.12. The third-order valence-corrected chi connectivity index (χ3v) is 5.18. The summed E-state index contributed by atoms with van der Waals surface area (Å²) in [5.74, 6) is 0.878. The molecule has 0 heterocycles. The van der Waals surface area contributed by atoms with E-state index in [-0.39, 0.29) is 16.7 Å². The van der Waals surface area contributed by atoms with Crippen molar-refractivity contribution in [3.05, 3.63) is 24.3 Å². The fourth-order valence-electron chi connectivity index (χ4n) is 2.77. The van der Waals surface area contributed by atoms with E-state index in [9.17, 15) is 13.2 Å². The highest BCUT2D eigenvalue weighted by Gasteiger charge is 2.27. The van der Waals surface area contributed by atoms with Gasteiger partial charge in [-0.05, 0) is 55.9 Å². The van der Waals surface area contributed by atoms with E-state index in [0.717, 1.165) is 25.7 Å². The molecule has 0 unspecified atom stereocenters. The van der Waals surface area contributed by atoms with E-state index < -0.39 is 10.0 Å². The lowest BCUT2D eigenvalue weighted by Gasteiger charge is -2.29. The normalized spacial score (nSPS) is 22.8. The zero-order chi connectivity index (χ0) is 15.6. The first kappa shape index (κ1) is 16.0. The second-order valence-corrected chi connectivity index (χ2v) is 7.45. The molecule has 1 aliphatic rings. The van der Waals surface area contributed by atoms with Crippen LogP contribution >= 0.6 is 0 Å². The average Bonchev–Trinajstić information content (AvgIpc) is 2.46. The summed E-state index contributed by atoms with van der Waals surface area (Å²) in [6, 6.07) is 6.08. The van der Waals surface area contributed by atoms with Crippen molar-refractivity contribution < 1.29 is 13.2 Å². The van der Waals surface area contributed by atoms with E-state index in [0.29, 0.717) is 11.6 Å². The van der Waals surface area contributed by atoms with Gasteiger partial charge in [-0.25, -0.2) is 13.6 Å². The van der Waals surface area contributed by atoms with E-state index in [4.69, 9.17) is 5.14 Å². The minimum absolute atomic E-state index is 0.0543. The molecule has 21 heavy (non-hydrogen) atoms. The van der Waals surface area contributed by atoms with Gasteiger partial charge in [-0.3, -0.25) is 4.79 Å². The SMILES string of the molecule is CC1CCC(C(=O)N(C)c2ccc(S(N)(=O)=O)cc2)CC1. The summed E-state index contributed by atoms with van der Waals surface area (Å²) in [6.45, 7) is 2.22. The molecule has 6 heteroatoms. The Labute approximate surface area is 126 Å². The summed E-state index contributed by atoms with van der Waals surface area (Å²) in [6.07, 6.45) is 4.04. The molecule has 0 atom stereocenters. The maximum absolute atomic E-state index is 12.5. The Morgan fingerprint density at radius 3 is 2.14 bits per heavy atom. The van der Waals surface area contributed by atoms with Crippen LogP contribution in [0.25, 0.3) is 0 Å². The minimum atomic E-state index is -3.70. The van der Waals surface area contributed by atoms with Crippen molar-refractivity contribution in [2.75, 3.05) is 11.9 Å². The van der Waals surface area contributed by atoms with Gasteiger partial charge in [-0.1, -0.05) is 6.92 Å². The van der Waals surface area contributed by atoms with Crippen molar-refractivity contribution in [3.8, 4) is 0 Å². The smallest absolute Gasteiger partial charge is 0.238 e. The molecule has 1 fully saturated rings. The van der Waals surface area contributed by atoms with Gasteiger partial charge in [0.15, 0.2) is 0 Å². The van der Waals surface area contributed by atoms with Crippen LogP contribution in [-0.2, 0) is 14.8 Å². The number of sulfonamides is 1. The van der Waals surface area contributed by atoms with Gasteiger partial charge in [0.05, 0.1) is 4.90 Å². The van der Waals surface area contributed by atoms with Gasteiger partial charge in [0.2, 0.25) is 15.9 Å². The summed E-state index contributed by atoms with van der Waals surface area (Å²) in [7, 11) is -1.97. The Kier molecular flexibility index (Phi) is 4.68. The number of amides is 1. The summed E-state index contributed by atoms with van der Waals surface area (Å²) >= 11 is 0. The van der Waals surface area contributed by atoms with Crippen LogP contribution in [0.5, 0.6) is 0 Å². The molecule has 5 nitrogen and oxygen atoms in total. The highest BCUT2D eigenvalue weighted by atomic mass is 32.2. The Bertz CT molecular complexity index is 602. The number of primary sulfonamides is 1. The number of hydrogen-bond acceptors (Lipinski definition) is 3. The van der Waals surface area contributed by atoms with E-state index in [2.05, 4.69) is 6.92 Å². The molecule has 1 amide bonds. The number of nitrogens with zero attached hydrogens (tertiary/aromatic N) is 1. The first-order valence-corrected chi connectivity index (χ1v) is 8.74. The van der Waals surface area contributed by atoms with E-state index in [1.54, 1.807) is 24.1 Å². The monoisotopic (exact) mass is 310 g/mol. The van der Waals surface area contributed by atoms with Gasteiger partial charge in [0.25, 0.3) is 0 Å². The maximum atomic E-state index is 12.5. The number of rotatable bonds is 3. The van der Waals surface area contributed by atoms with Crippen molar-refractivity contribution in [3.63, 3.8) is 0 Å². The number of carbonyl (C=O) groups is 1. The van der Waals surface area contributed by atoms with Crippen molar-refractivity contribution in [2.24, 2.45) is 17.0 Å². The van der Waals surface area contributed by atoms with Gasteiger partial charge in [0.1, 0.15) is 0 Å². The highest BCUT2D eigenvalue weighted by Crippen LogP contribution is 2.30. The maximum Gasteiger partial charge on any atom is 0.238 e. The van der Waals surface area contributed by atoms with E-state index in [1.807, 2.05) is 0 Å². The lowest BCUT2D eigenvalue weighted by atomic mass is 9.82. The number of hydrogen-bond donors (Lipinski definition) is 1. The quantitative estimate of drug-likeness (QED) is 0.928. The topological polar surface area (TPSA) is 80.5 Å². The summed E-state index contributed by atoms with van der Waals surface area (Å²) in [5.41, 5.74) is 0.686. The molecule has 0 bridgehead atoms. The van der Waals surface area contributed by atoms with Crippen LogP contribution in [0.2, 0.25) is 0 Å². The average molecular weight is 310 g/mol. The van der Waals surface area contributed by atoms with Crippen molar-refractivity contribution in [1.29, 1.82) is 0 Å². The van der Waals surface area contributed by atoms with Gasteiger partial charge < -0.3 is 4.90 Å². The second kappa shape index (κ2) is 6.15. The molecule has 116 valence electrons. The number of nitrogens with two attached hydrogens (primary N) is 1. The highest BCUT2D eigenvalue weighted by molar-refractivity contribution is 7.89. The Morgan fingerprint density at radius 2 is 1.67 bits per heavy atom. The van der Waals surface area contributed by atoms with Gasteiger partial charge in [-0.2, -0.15) is 0 Å². The third kappa shape index (κ3) is 3.83.